The van der Waals surface area contributed by atoms with Gasteiger partial charge < -0.3 is 14.6 Å². The molecule has 0 fully saturated rings. The highest BCUT2D eigenvalue weighted by atomic mass is 16.5. The second-order valence-corrected chi connectivity index (χ2v) is 7.79. The van der Waals surface area contributed by atoms with Crippen LogP contribution in [0.2, 0.25) is 0 Å². The molecule has 0 saturated heterocycles. The van der Waals surface area contributed by atoms with Crippen LogP contribution in [-0.4, -0.2) is 30.0 Å². The molecule has 1 heterocycles. The Morgan fingerprint density at radius 1 is 0.967 bits per heavy atom. The first kappa shape index (κ1) is 21.4. The van der Waals surface area contributed by atoms with Gasteiger partial charge in [0.2, 0.25) is 0 Å². The molecule has 0 aliphatic carbocycles. The summed E-state index contributed by atoms with van der Waals surface area (Å²) in [5.74, 6) is -0.387. The first-order valence-electron chi connectivity index (χ1n) is 9.96. The number of rotatable bonds is 7. The summed E-state index contributed by atoms with van der Waals surface area (Å²) in [5, 5.41) is 10.6. The molecular formula is C24H27NO5. The zero-order valence-electron chi connectivity index (χ0n) is 17.9. The van der Waals surface area contributed by atoms with Crippen molar-refractivity contribution in [3.63, 3.8) is 0 Å². The van der Waals surface area contributed by atoms with Crippen molar-refractivity contribution in [3.8, 4) is 11.5 Å². The monoisotopic (exact) mass is 409 g/mol. The number of nitrogens with zero attached hydrogens (tertiary/aromatic N) is 1. The van der Waals surface area contributed by atoms with Gasteiger partial charge in [0.05, 0.1) is 24.8 Å². The number of methoxy groups -OCH3 is 1. The Kier molecular flexibility index (Phi) is 6.15. The van der Waals surface area contributed by atoms with E-state index in [0.29, 0.717) is 22.7 Å². The van der Waals surface area contributed by atoms with Gasteiger partial charge in [-0.05, 0) is 55.8 Å². The largest absolute Gasteiger partial charge is 0.503 e. The van der Waals surface area contributed by atoms with E-state index in [9.17, 15) is 14.7 Å². The number of carbonyl (C=O) groups is 2. The van der Waals surface area contributed by atoms with Crippen molar-refractivity contribution in [2.24, 2.45) is 5.92 Å². The maximum absolute atomic E-state index is 13.0. The Bertz CT molecular complexity index is 958. The van der Waals surface area contributed by atoms with Gasteiger partial charge in [-0.15, -0.1) is 0 Å². The van der Waals surface area contributed by atoms with E-state index in [2.05, 4.69) is 0 Å². The molecule has 1 atom stereocenters. The van der Waals surface area contributed by atoms with Crippen molar-refractivity contribution < 1.29 is 24.2 Å². The molecule has 0 saturated carbocycles. The number of hydrogen-bond donors (Lipinski definition) is 1. The SMILES string of the molecule is COc1ccc(N2C(=O)C(O)=C(C(=O)C(C)C)C2c2ccc(OC(C)C)cc2)cc1. The lowest BCUT2D eigenvalue weighted by Crippen LogP contribution is -2.31. The average Bonchev–Trinajstić information content (AvgIpc) is 2.98. The first-order chi connectivity index (χ1) is 14.2. The molecule has 1 unspecified atom stereocenters. The topological polar surface area (TPSA) is 76.1 Å². The van der Waals surface area contributed by atoms with Crippen LogP contribution in [0.15, 0.2) is 59.9 Å². The number of benzene rings is 2. The van der Waals surface area contributed by atoms with Crippen molar-refractivity contribution in [1.29, 1.82) is 0 Å². The summed E-state index contributed by atoms with van der Waals surface area (Å²) in [5.41, 5.74) is 1.39. The molecule has 2 aromatic carbocycles. The molecule has 0 aromatic heterocycles. The van der Waals surface area contributed by atoms with Crippen LogP contribution in [0.5, 0.6) is 11.5 Å². The summed E-state index contributed by atoms with van der Waals surface area (Å²) >= 11 is 0. The highest BCUT2D eigenvalue weighted by molar-refractivity contribution is 6.16. The molecule has 0 spiro atoms. The number of ether oxygens (including phenoxy) is 2. The summed E-state index contributed by atoms with van der Waals surface area (Å²) in [6.07, 6.45) is 0.0294. The van der Waals surface area contributed by atoms with Gasteiger partial charge in [-0.3, -0.25) is 14.5 Å². The van der Waals surface area contributed by atoms with Gasteiger partial charge in [0.25, 0.3) is 5.91 Å². The van der Waals surface area contributed by atoms with Crippen molar-refractivity contribution in [2.45, 2.75) is 39.8 Å². The number of hydrogen-bond acceptors (Lipinski definition) is 5. The van der Waals surface area contributed by atoms with E-state index in [1.165, 1.54) is 4.90 Å². The molecule has 1 aliphatic heterocycles. The third-order valence-electron chi connectivity index (χ3n) is 4.92. The summed E-state index contributed by atoms with van der Waals surface area (Å²) in [7, 11) is 1.56. The molecule has 0 bridgehead atoms. The summed E-state index contributed by atoms with van der Waals surface area (Å²) in [4.78, 5) is 27.4. The molecule has 3 rings (SSSR count). The van der Waals surface area contributed by atoms with E-state index < -0.39 is 17.7 Å². The Morgan fingerprint density at radius 2 is 1.53 bits per heavy atom. The van der Waals surface area contributed by atoms with Gasteiger partial charge in [0, 0.05) is 11.6 Å². The molecule has 6 heteroatoms. The minimum atomic E-state index is -0.728. The number of aliphatic hydroxyl groups is 1. The molecule has 30 heavy (non-hydrogen) atoms. The highest BCUT2D eigenvalue weighted by Gasteiger charge is 2.44. The van der Waals surface area contributed by atoms with Crippen molar-refractivity contribution >= 4 is 17.4 Å². The van der Waals surface area contributed by atoms with Crippen LogP contribution in [0.1, 0.15) is 39.3 Å². The van der Waals surface area contributed by atoms with Gasteiger partial charge in [-0.2, -0.15) is 0 Å². The summed E-state index contributed by atoms with van der Waals surface area (Å²) < 4.78 is 10.9. The lowest BCUT2D eigenvalue weighted by molar-refractivity contribution is -0.119. The number of Topliss-reactive ketones (excluding diaryl/α,β-unsaturated/α-hetero) is 1. The second-order valence-electron chi connectivity index (χ2n) is 7.79. The quantitative estimate of drug-likeness (QED) is 0.723. The van der Waals surface area contributed by atoms with Crippen LogP contribution < -0.4 is 14.4 Å². The Morgan fingerprint density at radius 3 is 2.03 bits per heavy atom. The van der Waals surface area contributed by atoms with Crippen molar-refractivity contribution in [2.75, 3.05) is 12.0 Å². The van der Waals surface area contributed by atoms with E-state index in [-0.39, 0.29) is 23.4 Å². The molecule has 1 N–H and O–H groups in total. The number of carbonyl (C=O) groups excluding carboxylic acids is 2. The molecule has 1 aliphatic rings. The Balaban J connectivity index is 2.09. The van der Waals surface area contributed by atoms with E-state index >= 15 is 0 Å². The fourth-order valence-electron chi connectivity index (χ4n) is 3.49. The van der Waals surface area contributed by atoms with E-state index in [1.807, 2.05) is 26.0 Å². The second kappa shape index (κ2) is 8.61. The van der Waals surface area contributed by atoms with E-state index in [4.69, 9.17) is 9.47 Å². The molecule has 0 radical (unpaired) electrons. The minimum absolute atomic E-state index is 0.0294. The van der Waals surface area contributed by atoms with Crippen LogP contribution in [0.4, 0.5) is 5.69 Å². The number of aliphatic hydroxyl groups excluding tert-OH is 1. The molecule has 158 valence electrons. The fraction of sp³-hybridized carbons (Fsp3) is 0.333. The van der Waals surface area contributed by atoms with Crippen LogP contribution in [-0.2, 0) is 9.59 Å². The van der Waals surface area contributed by atoms with E-state index in [0.717, 1.165) is 0 Å². The van der Waals surface area contributed by atoms with Gasteiger partial charge >= 0.3 is 0 Å². The lowest BCUT2D eigenvalue weighted by atomic mass is 9.91. The smallest absolute Gasteiger partial charge is 0.294 e. The molecule has 2 aromatic rings. The third-order valence-corrected chi connectivity index (χ3v) is 4.92. The van der Waals surface area contributed by atoms with Gasteiger partial charge in [0.15, 0.2) is 11.5 Å². The molecule has 6 nitrogen and oxygen atoms in total. The number of amides is 1. The number of anilines is 1. The first-order valence-corrected chi connectivity index (χ1v) is 9.96. The van der Waals surface area contributed by atoms with Crippen LogP contribution in [0.25, 0.3) is 0 Å². The fourth-order valence-corrected chi connectivity index (χ4v) is 3.49. The maximum Gasteiger partial charge on any atom is 0.294 e. The lowest BCUT2D eigenvalue weighted by Gasteiger charge is -2.27. The molecular weight excluding hydrogens is 382 g/mol. The predicted octanol–water partition coefficient (Wildman–Crippen LogP) is 4.61. The number of ketones is 1. The van der Waals surface area contributed by atoms with Gasteiger partial charge in [-0.1, -0.05) is 26.0 Å². The van der Waals surface area contributed by atoms with Crippen LogP contribution in [0, 0.1) is 5.92 Å². The van der Waals surface area contributed by atoms with Crippen LogP contribution in [0.3, 0.4) is 0 Å². The van der Waals surface area contributed by atoms with Crippen molar-refractivity contribution in [3.05, 3.63) is 65.4 Å². The zero-order chi connectivity index (χ0) is 22.0. The van der Waals surface area contributed by atoms with E-state index in [1.54, 1.807) is 57.4 Å². The minimum Gasteiger partial charge on any atom is -0.503 e. The van der Waals surface area contributed by atoms with Crippen molar-refractivity contribution in [1.82, 2.24) is 0 Å². The third kappa shape index (κ3) is 4.03. The molecule has 1 amide bonds. The Hall–Kier alpha value is -3.28. The average molecular weight is 409 g/mol. The highest BCUT2D eigenvalue weighted by Crippen LogP contribution is 2.42. The summed E-state index contributed by atoms with van der Waals surface area (Å²) in [6, 6.07) is 13.5. The van der Waals surface area contributed by atoms with Gasteiger partial charge in [-0.25, -0.2) is 0 Å². The standard InChI is InChI=1S/C24H27NO5/c1-14(2)22(26)20-21(16-6-10-19(11-7-16)30-15(3)4)25(24(28)23(20)27)17-8-12-18(29-5)13-9-17/h6-15,21,27H,1-5H3. The summed E-state index contributed by atoms with van der Waals surface area (Å²) in [6.45, 7) is 7.38. The maximum atomic E-state index is 13.0. The normalized spacial score (nSPS) is 16.6. The Labute approximate surface area is 176 Å². The van der Waals surface area contributed by atoms with Gasteiger partial charge in [0.1, 0.15) is 11.5 Å². The zero-order valence-corrected chi connectivity index (χ0v) is 17.9. The predicted molar refractivity (Wildman–Crippen MR) is 115 cm³/mol. The van der Waals surface area contributed by atoms with Crippen LogP contribution >= 0.6 is 0 Å².